The van der Waals surface area contributed by atoms with E-state index in [9.17, 15) is 0 Å². The number of piperidine rings is 1. The van der Waals surface area contributed by atoms with Gasteiger partial charge in [0, 0.05) is 18.6 Å². The van der Waals surface area contributed by atoms with Gasteiger partial charge in [-0.3, -0.25) is 4.90 Å². The maximum atomic E-state index is 2.75. The second-order valence-electron chi connectivity index (χ2n) is 6.87. The third kappa shape index (κ3) is 1.81. The Morgan fingerprint density at radius 3 is 2.19 bits per heavy atom. The molecule has 4 unspecified atom stereocenters. The minimum absolute atomic E-state index is 0.721. The van der Waals surface area contributed by atoms with Gasteiger partial charge in [-0.2, -0.15) is 0 Å². The van der Waals surface area contributed by atoms with Gasteiger partial charge in [-0.1, -0.05) is 20.8 Å². The van der Waals surface area contributed by atoms with Crippen LogP contribution in [0.15, 0.2) is 0 Å². The molecule has 1 heterocycles. The van der Waals surface area contributed by atoms with Crippen LogP contribution >= 0.6 is 0 Å². The quantitative estimate of drug-likeness (QED) is 0.691. The van der Waals surface area contributed by atoms with Crippen LogP contribution in [0.1, 0.15) is 48.0 Å². The van der Waals surface area contributed by atoms with Gasteiger partial charge in [-0.05, 0) is 56.8 Å². The summed E-state index contributed by atoms with van der Waals surface area (Å²) >= 11 is 0. The highest BCUT2D eigenvalue weighted by molar-refractivity contribution is 5.00. The Morgan fingerprint density at radius 1 is 1.06 bits per heavy atom. The van der Waals surface area contributed by atoms with Gasteiger partial charge in [0.25, 0.3) is 0 Å². The van der Waals surface area contributed by atoms with E-state index in [2.05, 4.69) is 46.4 Å². The third-order valence-electron chi connectivity index (χ3n) is 5.42. The maximum absolute atomic E-state index is 2.75. The van der Waals surface area contributed by atoms with Crippen molar-refractivity contribution in [1.82, 2.24) is 4.90 Å². The zero-order chi connectivity index (χ0) is 12.0. The lowest BCUT2D eigenvalue weighted by Gasteiger charge is -2.41. The first-order chi connectivity index (χ1) is 7.43. The Morgan fingerprint density at radius 2 is 1.69 bits per heavy atom. The van der Waals surface area contributed by atoms with E-state index in [0.717, 1.165) is 41.7 Å². The van der Waals surface area contributed by atoms with Gasteiger partial charge in [0.15, 0.2) is 0 Å². The van der Waals surface area contributed by atoms with Gasteiger partial charge in [0.1, 0.15) is 0 Å². The van der Waals surface area contributed by atoms with Crippen LogP contribution in [0, 0.1) is 29.6 Å². The van der Waals surface area contributed by atoms with Crippen LogP contribution in [0.2, 0.25) is 0 Å². The predicted octanol–water partition coefficient (Wildman–Crippen LogP) is 3.64. The van der Waals surface area contributed by atoms with Gasteiger partial charge in [-0.25, -0.2) is 0 Å². The molecule has 0 aromatic rings. The number of nitrogens with zero attached hydrogens (tertiary/aromatic N) is 1. The molecule has 0 aromatic heterocycles. The van der Waals surface area contributed by atoms with Gasteiger partial charge in [-0.15, -0.1) is 0 Å². The molecule has 1 heteroatoms. The fraction of sp³-hybridized carbons (Fsp3) is 1.00. The largest absolute Gasteiger partial charge is 0.298 e. The molecule has 0 spiro atoms. The molecule has 1 saturated heterocycles. The summed E-state index contributed by atoms with van der Waals surface area (Å²) in [6, 6.07) is 1.52. The van der Waals surface area contributed by atoms with E-state index in [1.54, 1.807) is 0 Å². The van der Waals surface area contributed by atoms with E-state index in [1.807, 2.05) is 0 Å². The minimum atomic E-state index is 0.721. The lowest BCUT2D eigenvalue weighted by atomic mass is 9.80. The van der Waals surface area contributed by atoms with Crippen molar-refractivity contribution in [2.75, 3.05) is 6.54 Å². The van der Waals surface area contributed by atoms with Gasteiger partial charge in [0.2, 0.25) is 0 Å². The monoisotopic (exact) mass is 223 g/mol. The van der Waals surface area contributed by atoms with Crippen LogP contribution in [-0.4, -0.2) is 23.5 Å². The number of hydrogen-bond donors (Lipinski definition) is 0. The molecule has 0 N–H and O–H groups in total. The summed E-state index contributed by atoms with van der Waals surface area (Å²) in [4.78, 5) is 2.75. The Balaban J connectivity index is 2.19. The summed E-state index contributed by atoms with van der Waals surface area (Å²) in [6.45, 7) is 15.9. The first-order valence-corrected chi connectivity index (χ1v) is 7.19. The summed E-state index contributed by atoms with van der Waals surface area (Å²) in [5.41, 5.74) is 0. The second kappa shape index (κ2) is 4.33. The van der Waals surface area contributed by atoms with Crippen LogP contribution in [0.5, 0.6) is 0 Å². The maximum Gasteiger partial charge on any atom is 0.0101 e. The van der Waals surface area contributed by atoms with Crippen molar-refractivity contribution in [3.8, 4) is 0 Å². The van der Waals surface area contributed by atoms with Crippen molar-refractivity contribution in [1.29, 1.82) is 0 Å². The molecule has 1 nitrogen and oxygen atoms in total. The topological polar surface area (TPSA) is 3.24 Å². The molecule has 5 atom stereocenters. The first kappa shape index (κ1) is 12.4. The van der Waals surface area contributed by atoms with Crippen molar-refractivity contribution in [2.24, 2.45) is 29.6 Å². The van der Waals surface area contributed by atoms with Crippen LogP contribution < -0.4 is 0 Å². The van der Waals surface area contributed by atoms with Crippen LogP contribution in [-0.2, 0) is 0 Å². The summed E-state index contributed by atoms with van der Waals surface area (Å²) < 4.78 is 0. The highest BCUT2D eigenvalue weighted by Crippen LogP contribution is 2.51. The predicted molar refractivity (Wildman–Crippen MR) is 70.4 cm³/mol. The summed E-state index contributed by atoms with van der Waals surface area (Å²) in [5.74, 6) is 4.69. The third-order valence-corrected chi connectivity index (χ3v) is 5.42. The van der Waals surface area contributed by atoms with E-state index in [4.69, 9.17) is 0 Å². The van der Waals surface area contributed by atoms with Crippen LogP contribution in [0.3, 0.4) is 0 Å². The van der Waals surface area contributed by atoms with Crippen molar-refractivity contribution in [3.63, 3.8) is 0 Å². The van der Waals surface area contributed by atoms with Gasteiger partial charge in [0.05, 0.1) is 0 Å². The number of hydrogen-bond acceptors (Lipinski definition) is 1. The standard InChI is InChI=1S/C15H29N/c1-9(2)15-11(5)14-7-13(15)8-16(10(3)4)12(14)6/h9-15H,7-8H2,1-6H3/t11?,12-,13?,14?,15?/m0/s1. The molecule has 2 fully saturated rings. The summed E-state index contributed by atoms with van der Waals surface area (Å²) in [5, 5.41) is 0. The molecule has 2 aliphatic rings. The minimum Gasteiger partial charge on any atom is -0.298 e. The van der Waals surface area contributed by atoms with Crippen LogP contribution in [0.4, 0.5) is 0 Å². The summed E-state index contributed by atoms with van der Waals surface area (Å²) in [6.07, 6.45) is 1.49. The number of fused-ring (bicyclic) bond motifs is 2. The second-order valence-corrected chi connectivity index (χ2v) is 6.87. The number of likely N-dealkylation sites (tertiary alicyclic amines) is 1. The smallest absolute Gasteiger partial charge is 0.0101 e. The Labute approximate surface area is 102 Å². The molecule has 94 valence electrons. The van der Waals surface area contributed by atoms with Crippen molar-refractivity contribution >= 4 is 0 Å². The molecular weight excluding hydrogens is 194 g/mol. The molecule has 0 radical (unpaired) electrons. The highest BCUT2D eigenvalue weighted by Gasteiger charge is 2.49. The normalized spacial score (nSPS) is 44.6. The molecule has 1 aliphatic heterocycles. The highest BCUT2D eigenvalue weighted by atomic mass is 15.2. The zero-order valence-corrected chi connectivity index (χ0v) is 11.9. The zero-order valence-electron chi connectivity index (χ0n) is 11.9. The average Bonchev–Trinajstić information content (AvgIpc) is 2.45. The lowest BCUT2D eigenvalue weighted by Crippen LogP contribution is -2.48. The van der Waals surface area contributed by atoms with Crippen molar-refractivity contribution in [3.05, 3.63) is 0 Å². The van der Waals surface area contributed by atoms with Crippen molar-refractivity contribution < 1.29 is 0 Å². The van der Waals surface area contributed by atoms with Gasteiger partial charge < -0.3 is 0 Å². The fourth-order valence-corrected chi connectivity index (χ4v) is 4.78. The van der Waals surface area contributed by atoms with E-state index in [1.165, 1.54) is 13.0 Å². The number of rotatable bonds is 2. The SMILES string of the molecule is CC(C)C1C2CC(C1C)[C@H](C)N(C(C)C)C2. The van der Waals surface area contributed by atoms with Crippen molar-refractivity contribution in [2.45, 2.75) is 60.0 Å². The molecule has 2 bridgehead atoms. The van der Waals surface area contributed by atoms with Crippen LogP contribution in [0.25, 0.3) is 0 Å². The fourth-order valence-electron chi connectivity index (χ4n) is 4.78. The average molecular weight is 223 g/mol. The van der Waals surface area contributed by atoms with E-state index in [0.29, 0.717) is 0 Å². The Kier molecular flexibility index (Phi) is 3.36. The molecule has 16 heavy (non-hydrogen) atoms. The Bertz CT molecular complexity index is 242. The molecule has 1 aliphatic carbocycles. The molecule has 0 amide bonds. The molecule has 2 rings (SSSR count). The van der Waals surface area contributed by atoms with E-state index < -0.39 is 0 Å². The lowest BCUT2D eigenvalue weighted by molar-refractivity contribution is 0.0636. The Hall–Kier alpha value is -0.0400. The molecular formula is C15H29N. The van der Waals surface area contributed by atoms with E-state index >= 15 is 0 Å². The summed E-state index contributed by atoms with van der Waals surface area (Å²) in [7, 11) is 0. The van der Waals surface area contributed by atoms with E-state index in [-0.39, 0.29) is 0 Å². The first-order valence-electron chi connectivity index (χ1n) is 7.19. The molecule has 0 aromatic carbocycles. The molecule has 1 saturated carbocycles. The van der Waals surface area contributed by atoms with Gasteiger partial charge >= 0.3 is 0 Å².